The van der Waals surface area contributed by atoms with Gasteiger partial charge in [0.1, 0.15) is 6.04 Å². The molecule has 13 nitrogen and oxygen atoms in total. The molecule has 3 aromatic rings. The maximum absolute atomic E-state index is 14.5. The van der Waals surface area contributed by atoms with Crippen LogP contribution in [0, 0.1) is 11.8 Å². The Labute approximate surface area is 385 Å². The Morgan fingerprint density at radius 1 is 0.631 bits per heavy atom. The molecule has 0 radical (unpaired) electrons. The van der Waals surface area contributed by atoms with Gasteiger partial charge in [-0.3, -0.25) is 24.0 Å². The molecule has 3 aromatic carbocycles. The van der Waals surface area contributed by atoms with Crippen molar-refractivity contribution in [3.8, 4) is 0 Å². The van der Waals surface area contributed by atoms with Crippen molar-refractivity contribution in [3.63, 3.8) is 0 Å². The molecule has 4 fully saturated rings. The van der Waals surface area contributed by atoms with Gasteiger partial charge in [-0.25, -0.2) is 8.42 Å². The van der Waals surface area contributed by atoms with Crippen molar-refractivity contribution in [3.05, 3.63) is 102 Å². The topological polar surface area (TPSA) is 165 Å². The molecular weight excluding hydrogens is 841 g/mol. The van der Waals surface area contributed by atoms with Gasteiger partial charge in [0.15, 0.2) is 0 Å². The van der Waals surface area contributed by atoms with E-state index in [0.717, 1.165) is 75.3 Å². The third kappa shape index (κ3) is 12.2. The lowest BCUT2D eigenvalue weighted by Gasteiger charge is -2.31. The molecule has 7 atom stereocenters. The number of hydrogen-bond acceptors (Lipinski definition) is 7. The third-order valence-electron chi connectivity index (χ3n) is 13.7. The Kier molecular flexibility index (Phi) is 16.5. The number of hydrogen-bond donors (Lipinski definition) is 3. The Bertz CT molecular complexity index is 2150. The molecule has 7 rings (SSSR count). The first-order valence-corrected chi connectivity index (χ1v) is 25.6. The molecule has 65 heavy (non-hydrogen) atoms. The number of unbranched alkanes of at least 4 members (excludes halogenated alkanes) is 7. The van der Waals surface area contributed by atoms with Crippen LogP contribution in [0.5, 0.6) is 0 Å². The first-order chi connectivity index (χ1) is 31.5. The molecule has 2 aliphatic heterocycles. The summed E-state index contributed by atoms with van der Waals surface area (Å²) in [5, 5.41) is 9.31. The number of carbonyl (C=O) groups is 5. The van der Waals surface area contributed by atoms with Gasteiger partial charge < -0.3 is 25.8 Å². The van der Waals surface area contributed by atoms with Gasteiger partial charge in [-0.05, 0) is 61.4 Å². The van der Waals surface area contributed by atoms with E-state index in [1.807, 2.05) is 60.7 Å². The fraction of sp³-hybridized carbons (Fsp3) is 0.549. The summed E-state index contributed by atoms with van der Waals surface area (Å²) in [7, 11) is -4.24. The predicted octanol–water partition coefficient (Wildman–Crippen LogP) is 6.37. The van der Waals surface area contributed by atoms with Crippen molar-refractivity contribution < 1.29 is 32.4 Å². The van der Waals surface area contributed by atoms with Gasteiger partial charge in [0.05, 0.1) is 16.7 Å². The van der Waals surface area contributed by atoms with E-state index < -0.39 is 33.8 Å². The highest BCUT2D eigenvalue weighted by molar-refractivity contribution is 7.89. The van der Waals surface area contributed by atoms with E-state index in [1.165, 1.54) is 27.4 Å². The van der Waals surface area contributed by atoms with E-state index in [0.29, 0.717) is 25.8 Å². The summed E-state index contributed by atoms with van der Waals surface area (Å²) in [6.45, 7) is 4.83. The van der Waals surface area contributed by atoms with Gasteiger partial charge in [-0.1, -0.05) is 126 Å². The van der Waals surface area contributed by atoms with Crippen LogP contribution in [0.4, 0.5) is 0 Å². The second-order valence-corrected chi connectivity index (χ2v) is 20.5. The lowest BCUT2D eigenvalue weighted by atomic mass is 9.94. The largest absolute Gasteiger partial charge is 0.354 e. The molecule has 0 aromatic heterocycles. The van der Waals surface area contributed by atoms with Crippen molar-refractivity contribution in [2.45, 2.75) is 132 Å². The molecular formula is C51H68N6O7S. The zero-order chi connectivity index (χ0) is 45.9. The minimum Gasteiger partial charge on any atom is -0.354 e. The van der Waals surface area contributed by atoms with Crippen molar-refractivity contribution in [1.82, 2.24) is 30.1 Å². The minimum absolute atomic E-state index is 0.000929. The van der Waals surface area contributed by atoms with Crippen LogP contribution in [0.3, 0.4) is 0 Å². The highest BCUT2D eigenvalue weighted by atomic mass is 32.2. The van der Waals surface area contributed by atoms with Crippen LogP contribution < -0.4 is 16.0 Å². The fourth-order valence-corrected chi connectivity index (χ4v) is 11.2. The standard InChI is InChI=1S/C51H68N6O7S/c1-3-5-7-9-16-26-47(58)57-29-19-28-56(35-46(57)50(61)52-27-17-8-6-4-2)65(63,64)39-25-18-24-38(30-39)51(62)55-33-42(48(59)53-44-31-40(44)36-20-12-10-13-21-36)43(34-55)49(60)54-45-32-41(45)37-22-14-11-15-23-37/h10-15,18,20-25,30,40-46H,3-9,16-17,19,26-29,31-35H2,1-2H3,(H,52,61)(H,53,59)(H,54,60)/t40-,41-,42-,43-,44+,45+,46+/m1/s1. The van der Waals surface area contributed by atoms with Crippen LogP contribution in [0.1, 0.15) is 131 Å². The van der Waals surface area contributed by atoms with E-state index in [4.69, 9.17) is 0 Å². The minimum atomic E-state index is -4.24. The molecule has 4 aliphatic rings. The van der Waals surface area contributed by atoms with E-state index in [-0.39, 0.29) is 90.7 Å². The van der Waals surface area contributed by atoms with Gasteiger partial charge in [-0.15, -0.1) is 0 Å². The molecule has 2 saturated heterocycles. The Morgan fingerprint density at radius 2 is 1.20 bits per heavy atom. The average Bonchev–Trinajstić information content (AvgIpc) is 4.24. The Morgan fingerprint density at radius 3 is 1.78 bits per heavy atom. The number of likely N-dealkylation sites (tertiary alicyclic amines) is 1. The lowest BCUT2D eigenvalue weighted by Crippen LogP contribution is -2.53. The van der Waals surface area contributed by atoms with Gasteiger partial charge in [0, 0.05) is 75.2 Å². The van der Waals surface area contributed by atoms with Crippen molar-refractivity contribution in [1.29, 1.82) is 0 Å². The summed E-state index contributed by atoms with van der Waals surface area (Å²) >= 11 is 0. The molecule has 0 bridgehead atoms. The van der Waals surface area contributed by atoms with Gasteiger partial charge >= 0.3 is 0 Å². The Balaban J connectivity index is 1.05. The van der Waals surface area contributed by atoms with Gasteiger partial charge in [-0.2, -0.15) is 4.31 Å². The molecule has 14 heteroatoms. The van der Waals surface area contributed by atoms with Crippen LogP contribution in [-0.2, 0) is 29.2 Å². The smallest absolute Gasteiger partial charge is 0.253 e. The molecule has 350 valence electrons. The number of nitrogens with zero attached hydrogens (tertiary/aromatic N) is 3. The highest BCUT2D eigenvalue weighted by Crippen LogP contribution is 2.43. The fourth-order valence-electron chi connectivity index (χ4n) is 9.65. The first kappa shape index (κ1) is 47.9. The zero-order valence-electron chi connectivity index (χ0n) is 38.2. The number of benzene rings is 3. The van der Waals surface area contributed by atoms with Crippen LogP contribution in [0.2, 0.25) is 0 Å². The number of amides is 5. The maximum atomic E-state index is 14.5. The van der Waals surface area contributed by atoms with Crippen LogP contribution >= 0.6 is 0 Å². The molecule has 0 spiro atoms. The number of sulfonamides is 1. The monoisotopic (exact) mass is 908 g/mol. The normalized spacial score (nSPS) is 24.2. The summed E-state index contributed by atoms with van der Waals surface area (Å²) in [6, 6.07) is 24.7. The van der Waals surface area contributed by atoms with Crippen molar-refractivity contribution in [2.24, 2.45) is 11.8 Å². The highest BCUT2D eigenvalue weighted by Gasteiger charge is 2.49. The van der Waals surface area contributed by atoms with Crippen LogP contribution in [0.25, 0.3) is 0 Å². The number of carbonyl (C=O) groups excluding carboxylic acids is 5. The van der Waals surface area contributed by atoms with Crippen LogP contribution in [-0.4, -0.2) is 109 Å². The average molecular weight is 909 g/mol. The SMILES string of the molecule is CCCCCCCC(=O)N1CCCN(S(=O)(=O)c2cccc(C(=O)N3C[C@@H](C(=O)N[C@H]4C[C@@H]4c4ccccc4)[C@H](C(=O)N[C@H]4C[C@@H]4c4ccccc4)C3)c2)C[C@H]1C(=O)NCCCCCC. The van der Waals surface area contributed by atoms with Gasteiger partial charge in [0.2, 0.25) is 33.7 Å². The second kappa shape index (κ2) is 22.4. The van der Waals surface area contributed by atoms with E-state index in [2.05, 4.69) is 29.8 Å². The van der Waals surface area contributed by atoms with Crippen molar-refractivity contribution in [2.75, 3.05) is 39.3 Å². The van der Waals surface area contributed by atoms with Gasteiger partial charge in [0.25, 0.3) is 5.91 Å². The summed E-state index contributed by atoms with van der Waals surface area (Å²) in [4.78, 5) is 72.8. The summed E-state index contributed by atoms with van der Waals surface area (Å²) in [6.07, 6.45) is 10.9. The third-order valence-corrected chi connectivity index (χ3v) is 15.6. The molecule has 2 aliphatic carbocycles. The summed E-state index contributed by atoms with van der Waals surface area (Å²) < 4.78 is 30.3. The maximum Gasteiger partial charge on any atom is 0.253 e. The number of nitrogens with one attached hydrogen (secondary N) is 3. The van der Waals surface area contributed by atoms with Crippen LogP contribution in [0.15, 0.2) is 89.8 Å². The molecule has 2 heterocycles. The number of rotatable bonds is 21. The quantitative estimate of drug-likeness (QED) is 0.105. The Hall–Kier alpha value is -5.08. The molecule has 0 unspecified atom stereocenters. The van der Waals surface area contributed by atoms with E-state index in [1.54, 1.807) is 11.0 Å². The predicted molar refractivity (Wildman–Crippen MR) is 250 cm³/mol. The summed E-state index contributed by atoms with van der Waals surface area (Å²) in [5.74, 6) is -2.79. The zero-order valence-corrected chi connectivity index (χ0v) is 39.0. The molecule has 3 N–H and O–H groups in total. The lowest BCUT2D eigenvalue weighted by molar-refractivity contribution is -0.140. The molecule has 5 amide bonds. The van der Waals surface area contributed by atoms with E-state index >= 15 is 0 Å². The summed E-state index contributed by atoms with van der Waals surface area (Å²) in [5.41, 5.74) is 2.39. The first-order valence-electron chi connectivity index (χ1n) is 24.2. The van der Waals surface area contributed by atoms with Crippen molar-refractivity contribution >= 4 is 39.6 Å². The van der Waals surface area contributed by atoms with E-state index in [9.17, 15) is 32.4 Å². The molecule has 2 saturated carbocycles. The second-order valence-electron chi connectivity index (χ2n) is 18.5.